The summed E-state index contributed by atoms with van der Waals surface area (Å²) in [7, 11) is -0.394. The van der Waals surface area contributed by atoms with Crippen LogP contribution in [0.3, 0.4) is 0 Å². The second-order valence-electron chi connectivity index (χ2n) is 5.77. The molecule has 0 bridgehead atoms. The number of carbonyl (C=O) groups excluding carboxylic acids is 2. The van der Waals surface area contributed by atoms with Crippen LogP contribution in [0.2, 0.25) is 0 Å². The van der Waals surface area contributed by atoms with Crippen LogP contribution in [0.25, 0.3) is 10.8 Å². The number of hydrogen-bond donors (Lipinski definition) is 3. The predicted molar refractivity (Wildman–Crippen MR) is 95.4 cm³/mol. The molecular formula is C16H20N4O4S. The summed E-state index contributed by atoms with van der Waals surface area (Å²) in [6.45, 7) is 0. The fourth-order valence-corrected chi connectivity index (χ4v) is 3.97. The second-order valence-corrected chi connectivity index (χ2v) is 7.45. The number of rotatable bonds is 7. The van der Waals surface area contributed by atoms with Crippen LogP contribution < -0.4 is 21.1 Å². The van der Waals surface area contributed by atoms with Crippen LogP contribution in [0, 0.1) is 0 Å². The van der Waals surface area contributed by atoms with E-state index in [0.29, 0.717) is 5.39 Å². The Morgan fingerprint density at radius 2 is 1.68 bits per heavy atom. The lowest BCUT2D eigenvalue weighted by Gasteiger charge is -2.18. The number of primary amides is 2. The minimum Gasteiger partial charge on any atom is -0.377 e. The number of hydrogen-bond acceptors (Lipinski definition) is 5. The van der Waals surface area contributed by atoms with Crippen LogP contribution >= 0.6 is 0 Å². The average Bonchev–Trinajstić information content (AvgIpc) is 2.52. The Kier molecular flexibility index (Phi) is 5.29. The van der Waals surface area contributed by atoms with Crippen molar-refractivity contribution in [3.63, 3.8) is 0 Å². The first-order valence-electron chi connectivity index (χ1n) is 7.42. The van der Waals surface area contributed by atoms with Gasteiger partial charge in [-0.25, -0.2) is 8.42 Å². The Balaban J connectivity index is 2.54. The molecule has 0 aliphatic rings. The molecule has 134 valence electrons. The van der Waals surface area contributed by atoms with Crippen molar-refractivity contribution < 1.29 is 18.0 Å². The minimum absolute atomic E-state index is 0.00980. The SMILES string of the molecule is CN(C)c1cccc2c(S(=O)(=O)N[C@@H](CC(N)=O)C(N)=O)cccc12. The Labute approximate surface area is 145 Å². The van der Waals surface area contributed by atoms with E-state index < -0.39 is 34.3 Å². The van der Waals surface area contributed by atoms with Gasteiger partial charge in [0.25, 0.3) is 0 Å². The van der Waals surface area contributed by atoms with Crippen molar-refractivity contribution in [1.82, 2.24) is 4.72 Å². The second kappa shape index (κ2) is 7.08. The van der Waals surface area contributed by atoms with Crippen molar-refractivity contribution in [2.45, 2.75) is 17.4 Å². The lowest BCUT2D eigenvalue weighted by Crippen LogP contribution is -2.46. The first-order valence-corrected chi connectivity index (χ1v) is 8.91. The molecule has 8 nitrogen and oxygen atoms in total. The smallest absolute Gasteiger partial charge is 0.241 e. The number of carbonyl (C=O) groups is 2. The summed E-state index contributed by atoms with van der Waals surface area (Å²) in [5, 5.41) is 1.23. The normalized spacial score (nSPS) is 12.7. The lowest BCUT2D eigenvalue weighted by atomic mass is 10.1. The molecule has 2 aromatic rings. The molecular weight excluding hydrogens is 344 g/mol. The quantitative estimate of drug-likeness (QED) is 0.631. The van der Waals surface area contributed by atoms with Crippen molar-refractivity contribution in [3.05, 3.63) is 36.4 Å². The summed E-state index contributed by atoms with van der Waals surface area (Å²) >= 11 is 0. The van der Waals surface area contributed by atoms with Crippen molar-refractivity contribution in [2.75, 3.05) is 19.0 Å². The van der Waals surface area contributed by atoms with Crippen LogP contribution in [0.15, 0.2) is 41.3 Å². The van der Waals surface area contributed by atoms with Gasteiger partial charge in [-0.05, 0) is 12.1 Å². The number of fused-ring (bicyclic) bond motifs is 1. The van der Waals surface area contributed by atoms with Gasteiger partial charge in [0.15, 0.2) is 0 Å². The van der Waals surface area contributed by atoms with E-state index in [1.807, 2.05) is 25.1 Å². The number of nitrogens with two attached hydrogens (primary N) is 2. The molecule has 2 rings (SSSR count). The maximum atomic E-state index is 12.7. The minimum atomic E-state index is -4.10. The highest BCUT2D eigenvalue weighted by atomic mass is 32.2. The number of nitrogens with one attached hydrogen (secondary N) is 1. The number of sulfonamides is 1. The summed E-state index contributed by atoms with van der Waals surface area (Å²) in [5.74, 6) is -1.81. The Hall–Kier alpha value is -2.65. The third-order valence-corrected chi connectivity index (χ3v) is 5.21. The fourth-order valence-electron chi connectivity index (χ4n) is 2.54. The van der Waals surface area contributed by atoms with E-state index in [2.05, 4.69) is 4.72 Å². The highest BCUT2D eigenvalue weighted by molar-refractivity contribution is 7.89. The molecule has 0 unspecified atom stereocenters. The first kappa shape index (κ1) is 18.7. The number of anilines is 1. The third-order valence-electron chi connectivity index (χ3n) is 3.68. The van der Waals surface area contributed by atoms with E-state index in [-0.39, 0.29) is 4.90 Å². The number of benzene rings is 2. The topological polar surface area (TPSA) is 136 Å². The van der Waals surface area contributed by atoms with Crippen molar-refractivity contribution in [3.8, 4) is 0 Å². The van der Waals surface area contributed by atoms with Crippen LogP contribution in [-0.2, 0) is 19.6 Å². The van der Waals surface area contributed by atoms with Gasteiger partial charge in [-0.1, -0.05) is 24.3 Å². The molecule has 0 radical (unpaired) electrons. The van der Waals surface area contributed by atoms with Gasteiger partial charge in [0.1, 0.15) is 6.04 Å². The molecule has 0 heterocycles. The molecule has 0 fully saturated rings. The van der Waals surface area contributed by atoms with Crippen LogP contribution in [0.1, 0.15) is 6.42 Å². The first-order chi connectivity index (χ1) is 11.6. The molecule has 0 spiro atoms. The number of nitrogens with zero attached hydrogens (tertiary/aromatic N) is 1. The lowest BCUT2D eigenvalue weighted by molar-refractivity contribution is -0.124. The summed E-state index contributed by atoms with van der Waals surface area (Å²) in [4.78, 5) is 24.3. The van der Waals surface area contributed by atoms with E-state index in [1.165, 1.54) is 6.07 Å². The molecule has 0 saturated carbocycles. The molecule has 1 atom stereocenters. The van der Waals surface area contributed by atoms with E-state index in [0.717, 1.165) is 11.1 Å². The fraction of sp³-hybridized carbons (Fsp3) is 0.250. The number of amides is 2. The van der Waals surface area contributed by atoms with Gasteiger partial charge in [0.2, 0.25) is 21.8 Å². The predicted octanol–water partition coefficient (Wildman–Crippen LogP) is -0.0866. The zero-order chi connectivity index (χ0) is 18.8. The average molecular weight is 364 g/mol. The summed E-state index contributed by atoms with van der Waals surface area (Å²) in [5.41, 5.74) is 11.1. The van der Waals surface area contributed by atoms with Crippen molar-refractivity contribution in [2.24, 2.45) is 11.5 Å². The van der Waals surface area contributed by atoms with Crippen molar-refractivity contribution >= 4 is 38.3 Å². The molecule has 0 aliphatic carbocycles. The molecule has 25 heavy (non-hydrogen) atoms. The molecule has 9 heteroatoms. The van der Waals surface area contributed by atoms with E-state index in [9.17, 15) is 18.0 Å². The molecule has 0 saturated heterocycles. The summed E-state index contributed by atoms with van der Waals surface area (Å²) < 4.78 is 27.6. The van der Waals surface area contributed by atoms with Gasteiger partial charge < -0.3 is 16.4 Å². The zero-order valence-corrected chi connectivity index (χ0v) is 14.7. The van der Waals surface area contributed by atoms with Gasteiger partial charge in [-0.15, -0.1) is 0 Å². The molecule has 0 aromatic heterocycles. The summed E-state index contributed by atoms with van der Waals surface area (Å²) in [6, 6.07) is 8.71. The van der Waals surface area contributed by atoms with Crippen LogP contribution in [0.5, 0.6) is 0 Å². The largest absolute Gasteiger partial charge is 0.377 e. The van der Waals surface area contributed by atoms with Gasteiger partial charge in [-0.3, -0.25) is 9.59 Å². The van der Waals surface area contributed by atoms with Crippen LogP contribution in [-0.4, -0.2) is 40.4 Å². The highest BCUT2D eigenvalue weighted by Gasteiger charge is 2.27. The molecule has 2 amide bonds. The van der Waals surface area contributed by atoms with E-state index >= 15 is 0 Å². The third kappa shape index (κ3) is 4.06. The summed E-state index contributed by atoms with van der Waals surface area (Å²) in [6.07, 6.45) is -0.512. The van der Waals surface area contributed by atoms with E-state index in [4.69, 9.17) is 11.5 Å². The Morgan fingerprint density at radius 3 is 2.24 bits per heavy atom. The van der Waals surface area contributed by atoms with Crippen LogP contribution in [0.4, 0.5) is 5.69 Å². The van der Waals surface area contributed by atoms with Gasteiger partial charge in [-0.2, -0.15) is 4.72 Å². The zero-order valence-electron chi connectivity index (χ0n) is 13.9. The van der Waals surface area contributed by atoms with E-state index in [1.54, 1.807) is 24.3 Å². The Morgan fingerprint density at radius 1 is 1.08 bits per heavy atom. The monoisotopic (exact) mass is 364 g/mol. The standard InChI is InChI=1S/C16H20N4O4S/c1-20(2)13-7-3-6-11-10(13)5-4-8-14(11)25(23,24)19-12(16(18)22)9-15(17)21/h3-8,12,19H,9H2,1-2H3,(H2,17,21)(H2,18,22)/t12-/m0/s1. The molecule has 5 N–H and O–H groups in total. The maximum Gasteiger partial charge on any atom is 0.241 e. The van der Waals surface area contributed by atoms with Gasteiger partial charge in [0.05, 0.1) is 11.3 Å². The molecule has 0 aliphatic heterocycles. The molecule has 2 aromatic carbocycles. The van der Waals surface area contributed by atoms with Gasteiger partial charge >= 0.3 is 0 Å². The maximum absolute atomic E-state index is 12.7. The van der Waals surface area contributed by atoms with Gasteiger partial charge in [0, 0.05) is 30.6 Å². The highest BCUT2D eigenvalue weighted by Crippen LogP contribution is 2.30. The Bertz CT molecular complexity index is 925. The van der Waals surface area contributed by atoms with Crippen molar-refractivity contribution in [1.29, 1.82) is 0 Å².